The van der Waals surface area contributed by atoms with Crippen LogP contribution in [-0.2, 0) is 11.3 Å². The van der Waals surface area contributed by atoms with Gasteiger partial charge >= 0.3 is 0 Å². The van der Waals surface area contributed by atoms with Crippen LogP contribution < -0.4 is 5.73 Å². The van der Waals surface area contributed by atoms with Crippen molar-refractivity contribution in [3.8, 4) is 0 Å². The molecular weight excluding hydrogens is 218 g/mol. The van der Waals surface area contributed by atoms with Crippen molar-refractivity contribution in [2.24, 2.45) is 5.73 Å². The Bertz CT molecular complexity index is 343. The number of nitrogens with two attached hydrogens (primary N) is 1. The predicted molar refractivity (Wildman–Crippen MR) is 65.0 cm³/mol. The summed E-state index contributed by atoms with van der Waals surface area (Å²) in [5, 5.41) is 9.03. The summed E-state index contributed by atoms with van der Waals surface area (Å²) >= 11 is 0. The molecule has 1 rings (SSSR count). The molecule has 94 valence electrons. The summed E-state index contributed by atoms with van der Waals surface area (Å²) in [5.74, 6) is -0.357. The van der Waals surface area contributed by atoms with Crippen LogP contribution in [-0.4, -0.2) is 40.1 Å². The minimum atomic E-state index is -0.357. The standard InChI is InChI=1S/C12H19N3O2/c1-2-11(12(13)17)15(6-7-16)9-10-4-3-5-14-8-10/h3-5,8,11,16H,2,6-7,9H2,1H3,(H2,13,17). The molecule has 0 saturated heterocycles. The number of rotatable bonds is 7. The van der Waals surface area contributed by atoms with E-state index in [2.05, 4.69) is 4.98 Å². The Balaban J connectivity index is 2.75. The fourth-order valence-electron chi connectivity index (χ4n) is 1.84. The number of hydrogen-bond acceptors (Lipinski definition) is 4. The van der Waals surface area contributed by atoms with Gasteiger partial charge in [-0.25, -0.2) is 0 Å². The molecule has 17 heavy (non-hydrogen) atoms. The molecule has 0 aliphatic rings. The van der Waals surface area contributed by atoms with Gasteiger partial charge in [0.05, 0.1) is 12.6 Å². The molecule has 3 N–H and O–H groups in total. The maximum absolute atomic E-state index is 11.3. The molecule has 0 spiro atoms. The first-order chi connectivity index (χ1) is 8.19. The van der Waals surface area contributed by atoms with Gasteiger partial charge < -0.3 is 10.8 Å². The molecule has 1 atom stereocenters. The Hall–Kier alpha value is -1.46. The van der Waals surface area contributed by atoms with Gasteiger partial charge in [-0.15, -0.1) is 0 Å². The average molecular weight is 237 g/mol. The van der Waals surface area contributed by atoms with Crippen molar-refractivity contribution in [3.63, 3.8) is 0 Å². The maximum Gasteiger partial charge on any atom is 0.234 e. The Morgan fingerprint density at radius 2 is 2.41 bits per heavy atom. The second kappa shape index (κ2) is 6.98. The van der Waals surface area contributed by atoms with E-state index >= 15 is 0 Å². The largest absolute Gasteiger partial charge is 0.395 e. The highest BCUT2D eigenvalue weighted by Gasteiger charge is 2.21. The zero-order chi connectivity index (χ0) is 12.7. The topological polar surface area (TPSA) is 79.5 Å². The molecule has 0 aliphatic carbocycles. The second-order valence-corrected chi connectivity index (χ2v) is 3.88. The maximum atomic E-state index is 11.3. The number of pyridine rings is 1. The van der Waals surface area contributed by atoms with Crippen molar-refractivity contribution in [1.29, 1.82) is 0 Å². The van der Waals surface area contributed by atoms with E-state index in [4.69, 9.17) is 10.8 Å². The van der Waals surface area contributed by atoms with Gasteiger partial charge in [0.1, 0.15) is 0 Å². The lowest BCUT2D eigenvalue weighted by Gasteiger charge is -2.28. The summed E-state index contributed by atoms with van der Waals surface area (Å²) < 4.78 is 0. The van der Waals surface area contributed by atoms with Crippen LogP contribution in [0.2, 0.25) is 0 Å². The van der Waals surface area contributed by atoms with Gasteiger partial charge in [0.25, 0.3) is 0 Å². The molecule has 1 aromatic heterocycles. The molecule has 0 fully saturated rings. The average Bonchev–Trinajstić information content (AvgIpc) is 2.31. The number of carbonyl (C=O) groups excluding carboxylic acids is 1. The number of aliphatic hydroxyl groups is 1. The number of hydrogen-bond donors (Lipinski definition) is 2. The van der Waals surface area contributed by atoms with Gasteiger partial charge in [-0.3, -0.25) is 14.7 Å². The first-order valence-electron chi connectivity index (χ1n) is 5.72. The number of primary amides is 1. The lowest BCUT2D eigenvalue weighted by Crippen LogP contribution is -2.45. The Kier molecular flexibility index (Phi) is 5.59. The van der Waals surface area contributed by atoms with E-state index in [0.29, 0.717) is 19.5 Å². The van der Waals surface area contributed by atoms with E-state index in [1.54, 1.807) is 12.4 Å². The third-order valence-electron chi connectivity index (χ3n) is 2.65. The predicted octanol–water partition coefficient (Wildman–Crippen LogP) is 0.140. The first kappa shape index (κ1) is 13.6. The Morgan fingerprint density at radius 3 is 2.88 bits per heavy atom. The highest BCUT2D eigenvalue weighted by atomic mass is 16.3. The molecule has 0 aromatic carbocycles. The summed E-state index contributed by atoms with van der Waals surface area (Å²) in [6.07, 6.45) is 4.08. The second-order valence-electron chi connectivity index (χ2n) is 3.88. The van der Waals surface area contributed by atoms with Crippen LogP contribution in [0.25, 0.3) is 0 Å². The third-order valence-corrected chi connectivity index (χ3v) is 2.65. The van der Waals surface area contributed by atoms with Crippen LogP contribution in [0, 0.1) is 0 Å². The summed E-state index contributed by atoms with van der Waals surface area (Å²) in [4.78, 5) is 17.2. The molecule has 0 aliphatic heterocycles. The monoisotopic (exact) mass is 237 g/mol. The van der Waals surface area contributed by atoms with Gasteiger partial charge in [-0.1, -0.05) is 13.0 Å². The SMILES string of the molecule is CCC(C(N)=O)N(CCO)Cc1cccnc1. The molecule has 0 saturated carbocycles. The summed E-state index contributed by atoms with van der Waals surface area (Å²) in [6.45, 7) is 2.90. The van der Waals surface area contributed by atoms with Crippen LogP contribution in [0.1, 0.15) is 18.9 Å². The lowest BCUT2D eigenvalue weighted by molar-refractivity contribution is -0.123. The highest BCUT2D eigenvalue weighted by Crippen LogP contribution is 2.09. The van der Waals surface area contributed by atoms with E-state index in [0.717, 1.165) is 5.56 Å². The van der Waals surface area contributed by atoms with Gasteiger partial charge in [-0.2, -0.15) is 0 Å². The fraction of sp³-hybridized carbons (Fsp3) is 0.500. The molecule has 0 radical (unpaired) electrons. The van der Waals surface area contributed by atoms with Crippen LogP contribution in [0.4, 0.5) is 0 Å². The van der Waals surface area contributed by atoms with Crippen LogP contribution in [0.5, 0.6) is 0 Å². The van der Waals surface area contributed by atoms with Crippen molar-refractivity contribution in [1.82, 2.24) is 9.88 Å². The minimum absolute atomic E-state index is 0.00401. The molecule has 0 bridgehead atoms. The van der Waals surface area contributed by atoms with Crippen LogP contribution >= 0.6 is 0 Å². The van der Waals surface area contributed by atoms with Gasteiger partial charge in [0, 0.05) is 25.5 Å². The molecule has 1 aromatic rings. The molecule has 1 amide bonds. The Morgan fingerprint density at radius 1 is 1.65 bits per heavy atom. The van der Waals surface area contributed by atoms with Gasteiger partial charge in [0.15, 0.2) is 0 Å². The molecular formula is C12H19N3O2. The van der Waals surface area contributed by atoms with Crippen LogP contribution in [0.3, 0.4) is 0 Å². The number of aromatic nitrogens is 1. The number of aliphatic hydroxyl groups excluding tert-OH is 1. The zero-order valence-electron chi connectivity index (χ0n) is 10.0. The Labute approximate surface area is 101 Å². The van der Waals surface area contributed by atoms with Crippen LogP contribution in [0.15, 0.2) is 24.5 Å². The summed E-state index contributed by atoms with van der Waals surface area (Å²) in [5.41, 5.74) is 6.35. The van der Waals surface area contributed by atoms with Crippen molar-refractivity contribution in [2.45, 2.75) is 25.9 Å². The third kappa shape index (κ3) is 4.13. The summed E-state index contributed by atoms with van der Waals surface area (Å²) in [6, 6.07) is 3.44. The quantitative estimate of drug-likeness (QED) is 0.707. The zero-order valence-corrected chi connectivity index (χ0v) is 10.0. The van der Waals surface area contributed by atoms with Crippen molar-refractivity contribution >= 4 is 5.91 Å². The highest BCUT2D eigenvalue weighted by molar-refractivity contribution is 5.79. The number of nitrogens with zero attached hydrogens (tertiary/aromatic N) is 2. The van der Waals surface area contributed by atoms with E-state index in [1.807, 2.05) is 24.0 Å². The van der Waals surface area contributed by atoms with Crippen molar-refractivity contribution in [3.05, 3.63) is 30.1 Å². The molecule has 1 unspecified atom stereocenters. The number of carbonyl (C=O) groups is 1. The molecule has 5 nitrogen and oxygen atoms in total. The van der Waals surface area contributed by atoms with E-state index < -0.39 is 0 Å². The van der Waals surface area contributed by atoms with Crippen molar-refractivity contribution in [2.75, 3.05) is 13.2 Å². The lowest BCUT2D eigenvalue weighted by atomic mass is 10.1. The first-order valence-corrected chi connectivity index (χ1v) is 5.72. The number of amides is 1. The fourth-order valence-corrected chi connectivity index (χ4v) is 1.84. The normalized spacial score (nSPS) is 12.6. The van der Waals surface area contributed by atoms with E-state index in [-0.39, 0.29) is 18.6 Å². The molecule has 1 heterocycles. The van der Waals surface area contributed by atoms with Gasteiger partial charge in [0.2, 0.25) is 5.91 Å². The smallest absolute Gasteiger partial charge is 0.234 e. The van der Waals surface area contributed by atoms with Gasteiger partial charge in [-0.05, 0) is 18.1 Å². The minimum Gasteiger partial charge on any atom is -0.395 e. The van der Waals surface area contributed by atoms with Crippen molar-refractivity contribution < 1.29 is 9.90 Å². The van der Waals surface area contributed by atoms with E-state index in [1.165, 1.54) is 0 Å². The van der Waals surface area contributed by atoms with E-state index in [9.17, 15) is 4.79 Å². The molecule has 5 heteroatoms. The summed E-state index contributed by atoms with van der Waals surface area (Å²) in [7, 11) is 0.